The van der Waals surface area contributed by atoms with Crippen LogP contribution in [-0.2, 0) is 6.42 Å². The largest absolute Gasteiger partial charge is 0.259 e. The quantitative estimate of drug-likeness (QED) is 0.473. The zero-order valence-electron chi connectivity index (χ0n) is 10.6. The van der Waals surface area contributed by atoms with Gasteiger partial charge in [0.1, 0.15) is 0 Å². The van der Waals surface area contributed by atoms with Crippen molar-refractivity contribution in [3.8, 4) is 6.07 Å². The third-order valence-corrected chi connectivity index (χ3v) is 4.07. The maximum atomic E-state index is 8.71. The van der Waals surface area contributed by atoms with E-state index < -0.39 is 0 Å². The van der Waals surface area contributed by atoms with Gasteiger partial charge in [-0.1, -0.05) is 54.8 Å². The minimum atomic E-state index is 0.353. The number of alkyl halides is 1. The molecule has 1 atom stereocenters. The zero-order chi connectivity index (χ0) is 13.4. The molecule has 0 heterocycles. The second kappa shape index (κ2) is 8.78. The molecule has 0 radical (unpaired) electrons. The maximum absolute atomic E-state index is 8.71. The van der Waals surface area contributed by atoms with E-state index in [1.165, 1.54) is 28.4 Å². The van der Waals surface area contributed by atoms with Gasteiger partial charge in [-0.2, -0.15) is 5.26 Å². The van der Waals surface area contributed by atoms with Crippen LogP contribution >= 0.6 is 35.4 Å². The zero-order valence-corrected chi connectivity index (χ0v) is 13.7. The molecule has 1 aromatic carbocycles. The summed E-state index contributed by atoms with van der Waals surface area (Å²) < 4.78 is 4.28. The van der Waals surface area contributed by atoms with Crippen molar-refractivity contribution >= 4 is 35.4 Å². The number of rotatable bonds is 3. The number of nitriles is 1. The van der Waals surface area contributed by atoms with Crippen LogP contribution in [0, 0.1) is 11.3 Å². The second-order valence-electron chi connectivity index (χ2n) is 4.29. The summed E-state index contributed by atoms with van der Waals surface area (Å²) in [6.45, 7) is 2.21. The summed E-state index contributed by atoms with van der Waals surface area (Å²) in [7, 11) is 0. The van der Waals surface area contributed by atoms with Crippen molar-refractivity contribution in [1.29, 1.82) is 5.26 Å². The van der Waals surface area contributed by atoms with E-state index in [2.05, 4.69) is 53.1 Å². The highest BCUT2D eigenvalue weighted by atomic mass is 127. The molecule has 0 fully saturated rings. The van der Waals surface area contributed by atoms with Crippen LogP contribution in [0.5, 0.6) is 0 Å². The molecule has 0 unspecified atom stereocenters. The van der Waals surface area contributed by atoms with E-state index in [-0.39, 0.29) is 0 Å². The monoisotopic (exact) mass is 374 g/mol. The Morgan fingerprint density at radius 1 is 1.56 bits per heavy atom. The maximum Gasteiger partial charge on any atom is 0.0991 e. The first-order chi connectivity index (χ1) is 8.76. The van der Waals surface area contributed by atoms with E-state index in [0.717, 1.165) is 18.4 Å². The molecule has 1 aliphatic rings. The third-order valence-electron chi connectivity index (χ3n) is 2.99. The summed E-state index contributed by atoms with van der Waals surface area (Å²) in [5, 5.41) is 8.71. The van der Waals surface area contributed by atoms with Gasteiger partial charge in [0.15, 0.2) is 0 Å². The van der Waals surface area contributed by atoms with Crippen molar-refractivity contribution in [3.05, 3.63) is 34.9 Å². The number of hydrogen-bond acceptors (Lipinski definition) is 3. The molecule has 0 saturated carbocycles. The van der Waals surface area contributed by atoms with E-state index >= 15 is 0 Å². The third kappa shape index (κ3) is 4.45. The van der Waals surface area contributed by atoms with Crippen molar-refractivity contribution in [2.24, 2.45) is 0 Å². The summed E-state index contributed by atoms with van der Waals surface area (Å²) in [6, 6.07) is 8.36. The molecule has 0 aromatic heterocycles. The fourth-order valence-corrected chi connectivity index (χ4v) is 2.99. The van der Waals surface area contributed by atoms with E-state index in [9.17, 15) is 0 Å². The predicted molar refractivity (Wildman–Crippen MR) is 88.1 cm³/mol. The number of nitrogens with zero attached hydrogens (tertiary/aromatic N) is 1. The molecule has 0 saturated heterocycles. The van der Waals surface area contributed by atoms with Crippen LogP contribution in [0.4, 0.5) is 0 Å². The highest BCUT2D eigenvalue weighted by Crippen LogP contribution is 2.31. The number of aryl methyl sites for hydroxylation is 1. The minimum Gasteiger partial charge on any atom is -0.259 e. The lowest BCUT2D eigenvalue weighted by Gasteiger charge is -2.08. The molecule has 1 N–H and O–H groups in total. The Balaban J connectivity index is 0.000000280. The van der Waals surface area contributed by atoms with E-state index in [4.69, 9.17) is 5.26 Å². The molecule has 0 spiro atoms. The Bertz CT molecular complexity index is 413. The molecular formula is C14H19IN2S. The number of nitrogens with one attached hydrogen (secondary N) is 1. The van der Waals surface area contributed by atoms with Gasteiger partial charge < -0.3 is 0 Å². The first kappa shape index (κ1) is 15.8. The average Bonchev–Trinajstić information content (AvgIpc) is 2.82. The fourth-order valence-electron chi connectivity index (χ4n) is 1.95. The smallest absolute Gasteiger partial charge is 0.0991 e. The summed E-state index contributed by atoms with van der Waals surface area (Å²) >= 11 is 6.46. The standard InChI is InChI=1S/C10H10N2S.C4H9I/c11-6-7-1-3-9-8(5-7)2-4-10(9)12-13;1-2-3-4-5/h1,3,5,10,12-13H,2,4H2;2-4H2,1H3/t10-;/m1./s1. The van der Waals surface area contributed by atoms with E-state index in [0.29, 0.717) is 6.04 Å². The number of unbranched alkanes of at least 4 members (excludes halogenated alkanes) is 1. The summed E-state index contributed by atoms with van der Waals surface area (Å²) in [4.78, 5) is 0. The van der Waals surface area contributed by atoms with E-state index in [1.807, 2.05) is 18.2 Å². The number of thiol groups is 1. The molecule has 0 bridgehead atoms. The lowest BCUT2D eigenvalue weighted by Crippen LogP contribution is -2.06. The van der Waals surface area contributed by atoms with Gasteiger partial charge >= 0.3 is 0 Å². The number of benzene rings is 1. The van der Waals surface area contributed by atoms with Crippen LogP contribution in [0.2, 0.25) is 0 Å². The Morgan fingerprint density at radius 3 is 2.83 bits per heavy atom. The molecule has 1 aromatic rings. The van der Waals surface area contributed by atoms with Gasteiger partial charge in [-0.15, -0.1) is 0 Å². The van der Waals surface area contributed by atoms with Crippen molar-refractivity contribution in [2.45, 2.75) is 38.6 Å². The van der Waals surface area contributed by atoms with Crippen molar-refractivity contribution in [3.63, 3.8) is 0 Å². The van der Waals surface area contributed by atoms with Crippen molar-refractivity contribution in [2.75, 3.05) is 4.43 Å². The van der Waals surface area contributed by atoms with Gasteiger partial charge in [0, 0.05) is 6.04 Å². The van der Waals surface area contributed by atoms with Crippen molar-refractivity contribution in [1.82, 2.24) is 4.72 Å². The minimum absolute atomic E-state index is 0.353. The highest BCUT2D eigenvalue weighted by molar-refractivity contribution is 14.1. The molecule has 0 amide bonds. The number of halogens is 1. The van der Waals surface area contributed by atoms with Gasteiger partial charge in [-0.25, -0.2) is 0 Å². The first-order valence-electron chi connectivity index (χ1n) is 6.25. The molecule has 2 rings (SSSR count). The van der Waals surface area contributed by atoms with Crippen LogP contribution in [-0.4, -0.2) is 4.43 Å². The van der Waals surface area contributed by atoms with Crippen LogP contribution in [0.3, 0.4) is 0 Å². The molecule has 0 aliphatic heterocycles. The fraction of sp³-hybridized carbons (Fsp3) is 0.500. The van der Waals surface area contributed by atoms with Gasteiger partial charge in [-0.05, 0) is 46.9 Å². The SMILES string of the molecule is CCCCI.N#Cc1ccc2c(c1)CC[C@H]2NS. The Labute approximate surface area is 129 Å². The number of hydrogen-bond donors (Lipinski definition) is 2. The molecule has 98 valence electrons. The molecule has 4 heteroatoms. The molecular weight excluding hydrogens is 355 g/mol. The van der Waals surface area contributed by atoms with Crippen LogP contribution in [0.25, 0.3) is 0 Å². The average molecular weight is 374 g/mol. The Kier molecular flexibility index (Phi) is 7.71. The summed E-state index contributed by atoms with van der Waals surface area (Å²) in [6.07, 6.45) is 4.83. The summed E-state index contributed by atoms with van der Waals surface area (Å²) in [5.41, 5.74) is 3.32. The van der Waals surface area contributed by atoms with Crippen LogP contribution in [0.15, 0.2) is 18.2 Å². The number of fused-ring (bicyclic) bond motifs is 1. The molecule has 2 nitrogen and oxygen atoms in total. The van der Waals surface area contributed by atoms with Gasteiger partial charge in [0.25, 0.3) is 0 Å². The second-order valence-corrected chi connectivity index (χ2v) is 5.63. The van der Waals surface area contributed by atoms with Gasteiger partial charge in [-0.3, -0.25) is 4.72 Å². The predicted octanol–water partition coefficient (Wildman–Crippen LogP) is 4.20. The molecule has 18 heavy (non-hydrogen) atoms. The van der Waals surface area contributed by atoms with Crippen LogP contribution < -0.4 is 4.72 Å². The Morgan fingerprint density at radius 2 is 2.33 bits per heavy atom. The van der Waals surface area contributed by atoms with Gasteiger partial charge in [0.2, 0.25) is 0 Å². The Hall–Kier alpha value is -0.250. The van der Waals surface area contributed by atoms with E-state index in [1.54, 1.807) is 0 Å². The first-order valence-corrected chi connectivity index (χ1v) is 8.22. The topological polar surface area (TPSA) is 35.8 Å². The van der Waals surface area contributed by atoms with Crippen LogP contribution in [0.1, 0.15) is 48.9 Å². The highest BCUT2D eigenvalue weighted by Gasteiger charge is 2.20. The normalized spacial score (nSPS) is 16.4. The molecule has 1 aliphatic carbocycles. The lowest BCUT2D eigenvalue weighted by molar-refractivity contribution is 0.670. The lowest BCUT2D eigenvalue weighted by atomic mass is 10.1. The summed E-state index contributed by atoms with van der Waals surface area (Å²) in [5.74, 6) is 0. The van der Waals surface area contributed by atoms with Gasteiger partial charge in [0.05, 0.1) is 11.6 Å². The van der Waals surface area contributed by atoms with Crippen molar-refractivity contribution < 1.29 is 0 Å².